The Labute approximate surface area is 123 Å². The van der Waals surface area contributed by atoms with Crippen LogP contribution in [0.2, 0.25) is 0 Å². The van der Waals surface area contributed by atoms with E-state index in [9.17, 15) is 0 Å². The lowest BCUT2D eigenvalue weighted by Gasteiger charge is -2.14. The molecule has 1 fully saturated rings. The fourth-order valence-electron chi connectivity index (χ4n) is 2.93. The van der Waals surface area contributed by atoms with Gasteiger partial charge in [-0.2, -0.15) is 0 Å². The van der Waals surface area contributed by atoms with E-state index >= 15 is 0 Å². The van der Waals surface area contributed by atoms with Crippen molar-refractivity contribution in [2.24, 2.45) is 5.92 Å². The zero-order chi connectivity index (χ0) is 14.2. The molecule has 2 heteroatoms. The SMILES string of the molecule is CCCNC(C)Cc1ccc(OCC2CCCC2)cc1. The first-order chi connectivity index (χ1) is 9.78. The van der Waals surface area contributed by atoms with E-state index in [1.807, 2.05) is 0 Å². The Morgan fingerprint density at radius 3 is 2.55 bits per heavy atom. The summed E-state index contributed by atoms with van der Waals surface area (Å²) in [5.41, 5.74) is 1.38. The smallest absolute Gasteiger partial charge is 0.119 e. The third-order valence-electron chi connectivity index (χ3n) is 4.17. The molecular formula is C18H29NO. The summed E-state index contributed by atoms with van der Waals surface area (Å²) in [6.45, 7) is 6.45. The second-order valence-electron chi connectivity index (χ2n) is 6.16. The standard InChI is InChI=1S/C18H29NO/c1-3-12-19-15(2)13-16-8-10-18(11-9-16)20-14-17-6-4-5-7-17/h8-11,15,17,19H,3-7,12-14H2,1-2H3. The van der Waals surface area contributed by atoms with Gasteiger partial charge in [0.1, 0.15) is 5.75 Å². The first-order valence-electron chi connectivity index (χ1n) is 8.23. The van der Waals surface area contributed by atoms with Gasteiger partial charge in [0.05, 0.1) is 6.61 Å². The first kappa shape index (κ1) is 15.4. The minimum Gasteiger partial charge on any atom is -0.493 e. The van der Waals surface area contributed by atoms with Gasteiger partial charge in [-0.25, -0.2) is 0 Å². The monoisotopic (exact) mass is 275 g/mol. The van der Waals surface area contributed by atoms with Gasteiger partial charge in [0.2, 0.25) is 0 Å². The van der Waals surface area contributed by atoms with E-state index in [0.717, 1.165) is 31.2 Å². The maximum absolute atomic E-state index is 5.90. The van der Waals surface area contributed by atoms with Crippen molar-refractivity contribution in [3.63, 3.8) is 0 Å². The molecule has 112 valence electrons. The van der Waals surface area contributed by atoms with Crippen LogP contribution in [-0.4, -0.2) is 19.2 Å². The topological polar surface area (TPSA) is 21.3 Å². The fourth-order valence-corrected chi connectivity index (χ4v) is 2.93. The minimum absolute atomic E-state index is 0.542. The average Bonchev–Trinajstić information content (AvgIpc) is 2.98. The van der Waals surface area contributed by atoms with Gasteiger partial charge in [-0.15, -0.1) is 0 Å². The quantitative estimate of drug-likeness (QED) is 0.768. The van der Waals surface area contributed by atoms with Crippen molar-refractivity contribution in [1.82, 2.24) is 5.32 Å². The van der Waals surface area contributed by atoms with E-state index in [-0.39, 0.29) is 0 Å². The lowest BCUT2D eigenvalue weighted by atomic mass is 10.1. The summed E-state index contributed by atoms with van der Waals surface area (Å²) in [5.74, 6) is 1.81. The van der Waals surface area contributed by atoms with E-state index in [0.29, 0.717) is 6.04 Å². The molecule has 0 amide bonds. The number of hydrogen-bond acceptors (Lipinski definition) is 2. The highest BCUT2D eigenvalue weighted by molar-refractivity contribution is 5.27. The molecule has 0 aromatic heterocycles. The third kappa shape index (κ3) is 5.16. The molecule has 1 aliphatic rings. The second-order valence-corrected chi connectivity index (χ2v) is 6.16. The van der Waals surface area contributed by atoms with Crippen LogP contribution in [0.4, 0.5) is 0 Å². The normalized spacial score (nSPS) is 17.3. The molecule has 0 heterocycles. The summed E-state index contributed by atoms with van der Waals surface area (Å²) in [5, 5.41) is 3.53. The maximum Gasteiger partial charge on any atom is 0.119 e. The van der Waals surface area contributed by atoms with E-state index in [1.165, 1.54) is 37.7 Å². The highest BCUT2D eigenvalue weighted by atomic mass is 16.5. The number of rotatable bonds is 8. The number of ether oxygens (including phenoxy) is 1. The van der Waals surface area contributed by atoms with E-state index in [1.54, 1.807) is 0 Å². The number of nitrogens with one attached hydrogen (secondary N) is 1. The van der Waals surface area contributed by atoms with Gasteiger partial charge in [0.25, 0.3) is 0 Å². The van der Waals surface area contributed by atoms with E-state index in [2.05, 4.69) is 43.4 Å². The van der Waals surface area contributed by atoms with Gasteiger partial charge in [-0.1, -0.05) is 31.9 Å². The Bertz CT molecular complexity index is 368. The summed E-state index contributed by atoms with van der Waals surface area (Å²) in [4.78, 5) is 0. The summed E-state index contributed by atoms with van der Waals surface area (Å²) < 4.78 is 5.90. The van der Waals surface area contributed by atoms with Crippen LogP contribution in [0.25, 0.3) is 0 Å². The summed E-state index contributed by atoms with van der Waals surface area (Å²) in [6, 6.07) is 9.19. The molecule has 1 aromatic carbocycles. The van der Waals surface area contributed by atoms with Crippen molar-refractivity contribution in [3.8, 4) is 5.75 Å². The third-order valence-corrected chi connectivity index (χ3v) is 4.17. The highest BCUT2D eigenvalue weighted by Gasteiger charge is 2.15. The zero-order valence-electron chi connectivity index (χ0n) is 13.0. The van der Waals surface area contributed by atoms with Crippen molar-refractivity contribution in [2.45, 2.75) is 58.4 Å². The van der Waals surface area contributed by atoms with Crippen LogP contribution in [0.15, 0.2) is 24.3 Å². The summed E-state index contributed by atoms with van der Waals surface area (Å²) in [7, 11) is 0. The lowest BCUT2D eigenvalue weighted by Crippen LogP contribution is -2.28. The maximum atomic E-state index is 5.90. The van der Waals surface area contributed by atoms with Crippen LogP contribution in [0.5, 0.6) is 5.75 Å². The molecular weight excluding hydrogens is 246 g/mol. The molecule has 1 aromatic rings. The lowest BCUT2D eigenvalue weighted by molar-refractivity contribution is 0.252. The second kappa shape index (κ2) is 8.31. The highest BCUT2D eigenvalue weighted by Crippen LogP contribution is 2.25. The summed E-state index contributed by atoms with van der Waals surface area (Å²) >= 11 is 0. The Morgan fingerprint density at radius 1 is 1.20 bits per heavy atom. The van der Waals surface area contributed by atoms with E-state index in [4.69, 9.17) is 4.74 Å². The molecule has 1 saturated carbocycles. The predicted molar refractivity (Wildman–Crippen MR) is 85.4 cm³/mol. The minimum atomic E-state index is 0.542. The molecule has 1 N–H and O–H groups in total. The Morgan fingerprint density at radius 2 is 1.90 bits per heavy atom. The molecule has 1 unspecified atom stereocenters. The van der Waals surface area contributed by atoms with Gasteiger partial charge in [0.15, 0.2) is 0 Å². The fraction of sp³-hybridized carbons (Fsp3) is 0.667. The molecule has 0 spiro atoms. The van der Waals surface area contributed by atoms with Crippen LogP contribution in [0, 0.1) is 5.92 Å². The van der Waals surface area contributed by atoms with Crippen molar-refractivity contribution < 1.29 is 4.74 Å². The molecule has 0 radical (unpaired) electrons. The molecule has 20 heavy (non-hydrogen) atoms. The van der Waals surface area contributed by atoms with Crippen LogP contribution in [0.1, 0.15) is 51.5 Å². The van der Waals surface area contributed by atoms with Gasteiger partial charge >= 0.3 is 0 Å². The Kier molecular flexibility index (Phi) is 6.38. The van der Waals surface area contributed by atoms with Gasteiger partial charge < -0.3 is 10.1 Å². The van der Waals surface area contributed by atoms with Crippen molar-refractivity contribution in [1.29, 1.82) is 0 Å². The average molecular weight is 275 g/mol. The van der Waals surface area contributed by atoms with Crippen molar-refractivity contribution in [3.05, 3.63) is 29.8 Å². The molecule has 1 aliphatic carbocycles. The molecule has 2 rings (SSSR count). The van der Waals surface area contributed by atoms with E-state index < -0.39 is 0 Å². The number of benzene rings is 1. The zero-order valence-corrected chi connectivity index (χ0v) is 13.0. The number of hydrogen-bond donors (Lipinski definition) is 1. The van der Waals surface area contributed by atoms with Crippen LogP contribution < -0.4 is 10.1 Å². The first-order valence-corrected chi connectivity index (χ1v) is 8.23. The predicted octanol–water partition coefficient (Wildman–Crippen LogP) is 4.19. The molecule has 0 aliphatic heterocycles. The molecule has 1 atom stereocenters. The van der Waals surface area contributed by atoms with Crippen LogP contribution in [-0.2, 0) is 6.42 Å². The van der Waals surface area contributed by atoms with Crippen molar-refractivity contribution >= 4 is 0 Å². The molecule has 0 bridgehead atoms. The molecule has 0 saturated heterocycles. The van der Waals surface area contributed by atoms with Gasteiger partial charge in [0, 0.05) is 6.04 Å². The van der Waals surface area contributed by atoms with Crippen LogP contribution >= 0.6 is 0 Å². The van der Waals surface area contributed by atoms with Crippen LogP contribution in [0.3, 0.4) is 0 Å². The van der Waals surface area contributed by atoms with Gasteiger partial charge in [-0.05, 0) is 62.8 Å². The largest absolute Gasteiger partial charge is 0.493 e. The summed E-state index contributed by atoms with van der Waals surface area (Å²) in [6.07, 6.45) is 7.74. The molecule has 2 nitrogen and oxygen atoms in total. The Balaban J connectivity index is 1.74. The Hall–Kier alpha value is -1.02. The van der Waals surface area contributed by atoms with Crippen molar-refractivity contribution in [2.75, 3.05) is 13.2 Å². The van der Waals surface area contributed by atoms with Gasteiger partial charge in [-0.3, -0.25) is 0 Å².